The van der Waals surface area contributed by atoms with E-state index in [4.69, 9.17) is 5.73 Å². The molecule has 84 valence electrons. The van der Waals surface area contributed by atoms with Crippen molar-refractivity contribution in [3.05, 3.63) is 18.0 Å². The molecule has 0 aliphatic heterocycles. The quantitative estimate of drug-likeness (QED) is 0.826. The lowest BCUT2D eigenvalue weighted by Crippen LogP contribution is -2.36. The minimum absolute atomic E-state index is 0.106. The summed E-state index contributed by atoms with van der Waals surface area (Å²) >= 11 is 0. The van der Waals surface area contributed by atoms with Crippen LogP contribution in [0.15, 0.2) is 12.3 Å². The molecule has 0 radical (unpaired) electrons. The Bertz CT molecular complexity index is 321. The molecule has 0 bridgehead atoms. The summed E-state index contributed by atoms with van der Waals surface area (Å²) in [5.41, 5.74) is 7.57. The minimum atomic E-state index is -0.106. The van der Waals surface area contributed by atoms with E-state index < -0.39 is 0 Å². The molecular formula is C12H21N3. The van der Waals surface area contributed by atoms with E-state index in [0.717, 1.165) is 19.4 Å². The number of hydrogen-bond acceptors (Lipinski definition) is 2. The molecular weight excluding hydrogens is 186 g/mol. The van der Waals surface area contributed by atoms with Crippen molar-refractivity contribution in [3.63, 3.8) is 0 Å². The average molecular weight is 207 g/mol. The summed E-state index contributed by atoms with van der Waals surface area (Å²) in [5, 5.41) is 4.38. The van der Waals surface area contributed by atoms with Crippen LogP contribution in [0, 0.1) is 5.92 Å². The van der Waals surface area contributed by atoms with Crippen molar-refractivity contribution >= 4 is 0 Å². The van der Waals surface area contributed by atoms with Gasteiger partial charge in [0, 0.05) is 12.7 Å². The topological polar surface area (TPSA) is 43.8 Å². The Kier molecular flexibility index (Phi) is 2.83. The Morgan fingerprint density at radius 3 is 2.73 bits per heavy atom. The zero-order valence-electron chi connectivity index (χ0n) is 9.74. The van der Waals surface area contributed by atoms with Crippen LogP contribution in [0.1, 0.15) is 45.2 Å². The van der Waals surface area contributed by atoms with E-state index in [1.54, 1.807) is 0 Å². The van der Waals surface area contributed by atoms with Gasteiger partial charge in [-0.1, -0.05) is 26.7 Å². The monoisotopic (exact) mass is 207 g/mol. The van der Waals surface area contributed by atoms with Crippen LogP contribution in [-0.4, -0.2) is 9.78 Å². The number of nitrogens with zero attached hydrogens (tertiary/aromatic N) is 2. The molecule has 0 amide bonds. The van der Waals surface area contributed by atoms with E-state index in [-0.39, 0.29) is 5.54 Å². The lowest BCUT2D eigenvalue weighted by Gasteiger charge is -2.25. The maximum atomic E-state index is 6.44. The Morgan fingerprint density at radius 2 is 2.13 bits per heavy atom. The van der Waals surface area contributed by atoms with Gasteiger partial charge in [0.25, 0.3) is 0 Å². The normalized spacial score (nSPS) is 20.0. The van der Waals surface area contributed by atoms with Gasteiger partial charge in [-0.3, -0.25) is 4.68 Å². The number of aromatic nitrogens is 2. The predicted octanol–water partition coefficient (Wildman–Crippen LogP) is 2.27. The van der Waals surface area contributed by atoms with Gasteiger partial charge in [0.15, 0.2) is 0 Å². The maximum absolute atomic E-state index is 6.44. The summed E-state index contributed by atoms with van der Waals surface area (Å²) in [6.07, 6.45) is 6.60. The van der Waals surface area contributed by atoms with E-state index in [2.05, 4.69) is 29.7 Å². The SMILES string of the molecule is CC(C)Cn1nccc1C1(N)CCCC1. The molecule has 1 heterocycles. The second kappa shape index (κ2) is 3.97. The maximum Gasteiger partial charge on any atom is 0.0582 e. The van der Waals surface area contributed by atoms with Crippen LogP contribution in [0.2, 0.25) is 0 Å². The average Bonchev–Trinajstić information content (AvgIpc) is 2.73. The first-order valence-corrected chi connectivity index (χ1v) is 5.93. The Hall–Kier alpha value is -0.830. The second-order valence-electron chi connectivity index (χ2n) is 5.16. The molecule has 0 unspecified atom stereocenters. The minimum Gasteiger partial charge on any atom is -0.320 e. The van der Waals surface area contributed by atoms with E-state index in [9.17, 15) is 0 Å². The molecule has 2 rings (SSSR count). The van der Waals surface area contributed by atoms with Crippen molar-refractivity contribution in [2.24, 2.45) is 11.7 Å². The standard InChI is InChI=1S/C12H21N3/c1-10(2)9-15-11(5-8-14-15)12(13)6-3-4-7-12/h5,8,10H,3-4,6-7,9,13H2,1-2H3. The van der Waals surface area contributed by atoms with Gasteiger partial charge < -0.3 is 5.73 Å². The van der Waals surface area contributed by atoms with E-state index in [1.807, 2.05) is 6.20 Å². The third-order valence-corrected chi connectivity index (χ3v) is 3.26. The molecule has 1 aliphatic carbocycles. The molecule has 15 heavy (non-hydrogen) atoms. The van der Waals surface area contributed by atoms with E-state index in [1.165, 1.54) is 18.5 Å². The van der Waals surface area contributed by atoms with Crippen molar-refractivity contribution in [1.29, 1.82) is 0 Å². The van der Waals surface area contributed by atoms with Gasteiger partial charge in [-0.25, -0.2) is 0 Å². The molecule has 0 aromatic carbocycles. The molecule has 1 aromatic rings. The van der Waals surface area contributed by atoms with Crippen LogP contribution >= 0.6 is 0 Å². The van der Waals surface area contributed by atoms with Gasteiger partial charge in [0.2, 0.25) is 0 Å². The first-order valence-electron chi connectivity index (χ1n) is 5.93. The number of nitrogens with two attached hydrogens (primary N) is 1. The van der Waals surface area contributed by atoms with Crippen LogP contribution in [0.25, 0.3) is 0 Å². The van der Waals surface area contributed by atoms with Gasteiger partial charge in [-0.15, -0.1) is 0 Å². The molecule has 1 saturated carbocycles. The molecule has 1 aliphatic rings. The molecule has 1 aromatic heterocycles. The number of rotatable bonds is 3. The Morgan fingerprint density at radius 1 is 1.47 bits per heavy atom. The van der Waals surface area contributed by atoms with Crippen molar-refractivity contribution in [2.75, 3.05) is 0 Å². The molecule has 0 spiro atoms. The van der Waals surface area contributed by atoms with Crippen LogP contribution in [-0.2, 0) is 12.1 Å². The third kappa shape index (κ3) is 2.07. The fraction of sp³-hybridized carbons (Fsp3) is 0.750. The van der Waals surface area contributed by atoms with Gasteiger partial charge in [0.1, 0.15) is 0 Å². The van der Waals surface area contributed by atoms with Gasteiger partial charge in [-0.05, 0) is 24.8 Å². The lowest BCUT2D eigenvalue weighted by molar-refractivity contribution is 0.382. The van der Waals surface area contributed by atoms with Crippen LogP contribution in [0.5, 0.6) is 0 Å². The highest BCUT2D eigenvalue weighted by molar-refractivity contribution is 5.16. The summed E-state index contributed by atoms with van der Waals surface area (Å²) in [6, 6.07) is 2.09. The summed E-state index contributed by atoms with van der Waals surface area (Å²) in [7, 11) is 0. The fourth-order valence-electron chi connectivity index (χ4n) is 2.51. The first-order chi connectivity index (χ1) is 7.12. The number of hydrogen-bond donors (Lipinski definition) is 1. The summed E-state index contributed by atoms with van der Waals surface area (Å²) in [6.45, 7) is 5.40. The summed E-state index contributed by atoms with van der Waals surface area (Å²) < 4.78 is 2.09. The van der Waals surface area contributed by atoms with Gasteiger partial charge >= 0.3 is 0 Å². The highest BCUT2D eigenvalue weighted by Gasteiger charge is 2.34. The van der Waals surface area contributed by atoms with Crippen molar-refractivity contribution in [3.8, 4) is 0 Å². The zero-order valence-corrected chi connectivity index (χ0v) is 9.74. The van der Waals surface area contributed by atoms with Crippen molar-refractivity contribution in [1.82, 2.24) is 9.78 Å². The van der Waals surface area contributed by atoms with Crippen LogP contribution in [0.3, 0.4) is 0 Å². The van der Waals surface area contributed by atoms with Crippen LogP contribution < -0.4 is 5.73 Å². The molecule has 0 saturated heterocycles. The Labute approximate surface area is 91.7 Å². The predicted molar refractivity (Wildman–Crippen MR) is 61.4 cm³/mol. The smallest absolute Gasteiger partial charge is 0.0582 e. The van der Waals surface area contributed by atoms with Crippen molar-refractivity contribution in [2.45, 2.75) is 51.6 Å². The largest absolute Gasteiger partial charge is 0.320 e. The summed E-state index contributed by atoms with van der Waals surface area (Å²) in [5.74, 6) is 0.619. The first kappa shape index (κ1) is 10.7. The summed E-state index contributed by atoms with van der Waals surface area (Å²) in [4.78, 5) is 0. The van der Waals surface area contributed by atoms with E-state index in [0.29, 0.717) is 5.92 Å². The van der Waals surface area contributed by atoms with Crippen molar-refractivity contribution < 1.29 is 0 Å². The lowest BCUT2D eigenvalue weighted by atomic mass is 9.94. The molecule has 2 N–H and O–H groups in total. The highest BCUT2D eigenvalue weighted by atomic mass is 15.3. The zero-order chi connectivity index (χ0) is 10.9. The Balaban J connectivity index is 2.23. The molecule has 3 heteroatoms. The van der Waals surface area contributed by atoms with E-state index >= 15 is 0 Å². The van der Waals surface area contributed by atoms with Gasteiger partial charge in [-0.2, -0.15) is 5.10 Å². The molecule has 1 fully saturated rings. The molecule has 3 nitrogen and oxygen atoms in total. The molecule has 0 atom stereocenters. The second-order valence-corrected chi connectivity index (χ2v) is 5.16. The third-order valence-electron chi connectivity index (χ3n) is 3.26. The fourth-order valence-corrected chi connectivity index (χ4v) is 2.51. The highest BCUT2D eigenvalue weighted by Crippen LogP contribution is 2.36. The van der Waals surface area contributed by atoms with Crippen LogP contribution in [0.4, 0.5) is 0 Å². The van der Waals surface area contributed by atoms with Gasteiger partial charge in [0.05, 0.1) is 11.2 Å².